The number of hydrogen-bond donors (Lipinski definition) is 3. The Morgan fingerprint density at radius 3 is 2.44 bits per heavy atom. The number of rotatable bonds is 3. The maximum atomic E-state index is 11.4. The van der Waals surface area contributed by atoms with Gasteiger partial charge in [-0.15, -0.1) is 0 Å². The highest BCUT2D eigenvalue weighted by atomic mass is 16.2. The van der Waals surface area contributed by atoms with Crippen LogP contribution < -0.4 is 16.4 Å². The second kappa shape index (κ2) is 5.95. The molecule has 16 heavy (non-hydrogen) atoms. The first-order valence-electron chi connectivity index (χ1n) is 5.39. The number of urea groups is 1. The van der Waals surface area contributed by atoms with Crippen LogP contribution in [0.3, 0.4) is 0 Å². The van der Waals surface area contributed by atoms with Gasteiger partial charge < -0.3 is 16.4 Å². The van der Waals surface area contributed by atoms with Gasteiger partial charge in [-0.05, 0) is 12.8 Å². The number of hydrogen-bond acceptors (Lipinski definition) is 3. The molecule has 1 aliphatic carbocycles. The molecule has 0 spiro atoms. The van der Waals surface area contributed by atoms with E-state index in [0.29, 0.717) is 0 Å². The minimum atomic E-state index is -1.26. The van der Waals surface area contributed by atoms with E-state index in [1.165, 1.54) is 6.42 Å². The number of nitriles is 1. The molecule has 0 aliphatic heterocycles. The number of nitrogens with zero attached hydrogens (tertiary/aromatic N) is 1. The summed E-state index contributed by atoms with van der Waals surface area (Å²) in [6.45, 7) is 0. The topological polar surface area (TPSA) is 108 Å². The van der Waals surface area contributed by atoms with Crippen LogP contribution in [0.5, 0.6) is 0 Å². The van der Waals surface area contributed by atoms with Crippen molar-refractivity contribution in [3.05, 3.63) is 0 Å². The van der Waals surface area contributed by atoms with Crippen molar-refractivity contribution >= 4 is 11.9 Å². The second-order valence-electron chi connectivity index (χ2n) is 3.92. The Labute approximate surface area is 94.2 Å². The lowest BCUT2D eigenvalue weighted by atomic mass is 9.96. The molecule has 0 heterocycles. The van der Waals surface area contributed by atoms with Crippen molar-refractivity contribution in [2.45, 2.75) is 44.2 Å². The van der Waals surface area contributed by atoms with E-state index < -0.39 is 18.0 Å². The average Bonchev–Trinajstić information content (AvgIpc) is 2.27. The predicted molar refractivity (Wildman–Crippen MR) is 57.1 cm³/mol. The van der Waals surface area contributed by atoms with Gasteiger partial charge in [-0.1, -0.05) is 19.3 Å². The van der Waals surface area contributed by atoms with E-state index in [4.69, 9.17) is 11.0 Å². The minimum absolute atomic E-state index is 0.140. The summed E-state index contributed by atoms with van der Waals surface area (Å²) in [7, 11) is 0. The molecule has 1 fully saturated rings. The molecular weight excluding hydrogens is 208 g/mol. The quantitative estimate of drug-likeness (QED) is 0.627. The van der Waals surface area contributed by atoms with Crippen LogP contribution in [-0.4, -0.2) is 24.0 Å². The van der Waals surface area contributed by atoms with Gasteiger partial charge in [0.1, 0.15) is 0 Å². The molecule has 4 N–H and O–H groups in total. The van der Waals surface area contributed by atoms with E-state index in [0.717, 1.165) is 25.7 Å². The Hall–Kier alpha value is -1.77. The van der Waals surface area contributed by atoms with Crippen LogP contribution in [-0.2, 0) is 4.79 Å². The lowest BCUT2D eigenvalue weighted by Crippen LogP contribution is -2.50. The van der Waals surface area contributed by atoms with Gasteiger partial charge in [0, 0.05) is 6.04 Å². The Balaban J connectivity index is 2.34. The van der Waals surface area contributed by atoms with Crippen LogP contribution in [0.1, 0.15) is 32.1 Å². The fourth-order valence-corrected chi connectivity index (χ4v) is 1.77. The smallest absolute Gasteiger partial charge is 0.316 e. The first kappa shape index (κ1) is 12.3. The molecule has 0 aromatic carbocycles. The number of nitrogens with one attached hydrogen (secondary N) is 2. The van der Waals surface area contributed by atoms with E-state index in [1.807, 2.05) is 0 Å². The monoisotopic (exact) mass is 224 g/mol. The summed E-state index contributed by atoms with van der Waals surface area (Å²) in [6, 6.07) is -0.000162. The summed E-state index contributed by atoms with van der Waals surface area (Å²) in [5.41, 5.74) is 4.92. The van der Waals surface area contributed by atoms with Crippen LogP contribution in [0, 0.1) is 11.3 Å². The summed E-state index contributed by atoms with van der Waals surface area (Å²) in [5.74, 6) is -0.846. The van der Waals surface area contributed by atoms with Gasteiger partial charge in [0.2, 0.25) is 0 Å². The third-order valence-electron chi connectivity index (χ3n) is 2.63. The number of nitrogens with two attached hydrogens (primary N) is 1. The third-order valence-corrected chi connectivity index (χ3v) is 2.63. The molecule has 6 heteroatoms. The molecule has 0 radical (unpaired) electrons. The second-order valence-corrected chi connectivity index (χ2v) is 3.92. The van der Waals surface area contributed by atoms with E-state index in [-0.39, 0.29) is 6.04 Å². The normalized spacial score (nSPS) is 18.2. The third kappa shape index (κ3) is 3.77. The van der Waals surface area contributed by atoms with Gasteiger partial charge in [-0.2, -0.15) is 5.26 Å². The zero-order chi connectivity index (χ0) is 12.0. The fraction of sp³-hybridized carbons (Fsp3) is 0.700. The van der Waals surface area contributed by atoms with E-state index in [1.54, 1.807) is 6.07 Å². The highest BCUT2D eigenvalue weighted by Gasteiger charge is 2.20. The zero-order valence-electron chi connectivity index (χ0n) is 9.03. The van der Waals surface area contributed by atoms with Gasteiger partial charge in [0.15, 0.2) is 6.04 Å². The minimum Gasteiger partial charge on any atom is -0.367 e. The van der Waals surface area contributed by atoms with Crippen molar-refractivity contribution in [1.82, 2.24) is 10.6 Å². The van der Waals surface area contributed by atoms with Gasteiger partial charge in [0.05, 0.1) is 6.07 Å². The Morgan fingerprint density at radius 1 is 1.31 bits per heavy atom. The van der Waals surface area contributed by atoms with Crippen LogP contribution in [0.15, 0.2) is 0 Å². The first-order chi connectivity index (χ1) is 7.63. The summed E-state index contributed by atoms with van der Waals surface area (Å²) in [6.07, 6.45) is 5.29. The molecule has 1 aliphatic rings. The molecule has 0 aromatic heterocycles. The number of primary amides is 1. The maximum Gasteiger partial charge on any atom is 0.316 e. The SMILES string of the molecule is N#CC(NC(=O)NC1CCCCC1)C(N)=O. The van der Waals surface area contributed by atoms with Gasteiger partial charge in [-0.3, -0.25) is 4.79 Å². The molecule has 88 valence electrons. The van der Waals surface area contributed by atoms with Crippen molar-refractivity contribution in [2.75, 3.05) is 0 Å². The van der Waals surface area contributed by atoms with Gasteiger partial charge in [-0.25, -0.2) is 4.79 Å². The molecule has 1 rings (SSSR count). The van der Waals surface area contributed by atoms with Crippen LogP contribution in [0.2, 0.25) is 0 Å². The van der Waals surface area contributed by atoms with Gasteiger partial charge >= 0.3 is 6.03 Å². The standard InChI is InChI=1S/C10H16N4O2/c11-6-8(9(12)15)14-10(16)13-7-4-2-1-3-5-7/h7-8H,1-5H2,(H2,12,15)(H2,13,14,16). The van der Waals surface area contributed by atoms with E-state index in [2.05, 4.69) is 10.6 Å². The molecule has 6 nitrogen and oxygen atoms in total. The van der Waals surface area contributed by atoms with Crippen molar-refractivity contribution in [2.24, 2.45) is 5.73 Å². The molecule has 1 unspecified atom stereocenters. The van der Waals surface area contributed by atoms with E-state index in [9.17, 15) is 9.59 Å². The van der Waals surface area contributed by atoms with Crippen LogP contribution >= 0.6 is 0 Å². The molecule has 0 saturated heterocycles. The van der Waals surface area contributed by atoms with Gasteiger partial charge in [0.25, 0.3) is 5.91 Å². The van der Waals surface area contributed by atoms with Crippen LogP contribution in [0.4, 0.5) is 4.79 Å². The first-order valence-corrected chi connectivity index (χ1v) is 5.39. The Bertz CT molecular complexity index is 304. The molecule has 1 saturated carbocycles. The predicted octanol–water partition coefficient (Wildman–Crippen LogP) is -0.00422. The molecule has 3 amide bonds. The van der Waals surface area contributed by atoms with Crippen molar-refractivity contribution in [3.8, 4) is 6.07 Å². The zero-order valence-corrected chi connectivity index (χ0v) is 9.03. The highest BCUT2D eigenvalue weighted by Crippen LogP contribution is 2.17. The highest BCUT2D eigenvalue weighted by molar-refractivity contribution is 5.88. The van der Waals surface area contributed by atoms with Crippen molar-refractivity contribution in [1.29, 1.82) is 5.26 Å². The summed E-state index contributed by atoms with van der Waals surface area (Å²) >= 11 is 0. The molecule has 1 atom stereocenters. The Kier molecular flexibility index (Phi) is 4.58. The average molecular weight is 224 g/mol. The molecular formula is C10H16N4O2. The largest absolute Gasteiger partial charge is 0.367 e. The Morgan fingerprint density at radius 2 is 1.94 bits per heavy atom. The maximum absolute atomic E-state index is 11.4. The summed E-state index contributed by atoms with van der Waals surface area (Å²) < 4.78 is 0. The molecule has 0 bridgehead atoms. The summed E-state index contributed by atoms with van der Waals surface area (Å²) in [5, 5.41) is 13.5. The fourth-order valence-electron chi connectivity index (χ4n) is 1.77. The number of amides is 3. The van der Waals surface area contributed by atoms with Crippen LogP contribution in [0.25, 0.3) is 0 Å². The number of carbonyl (C=O) groups is 2. The van der Waals surface area contributed by atoms with E-state index >= 15 is 0 Å². The van der Waals surface area contributed by atoms with Crippen molar-refractivity contribution in [3.63, 3.8) is 0 Å². The lowest BCUT2D eigenvalue weighted by Gasteiger charge is -2.23. The summed E-state index contributed by atoms with van der Waals surface area (Å²) in [4.78, 5) is 22.1. The number of carbonyl (C=O) groups excluding carboxylic acids is 2. The lowest BCUT2D eigenvalue weighted by molar-refractivity contribution is -0.118. The van der Waals surface area contributed by atoms with Crippen molar-refractivity contribution < 1.29 is 9.59 Å². The molecule has 0 aromatic rings.